The average Bonchev–Trinajstić information content (AvgIpc) is 3.25. The van der Waals surface area contributed by atoms with Gasteiger partial charge in [-0.05, 0) is 66.5 Å². The van der Waals surface area contributed by atoms with E-state index in [2.05, 4.69) is 26.1 Å². The first-order valence-corrected chi connectivity index (χ1v) is 10.7. The second kappa shape index (κ2) is 7.62. The maximum atomic E-state index is 13.6. The van der Waals surface area contributed by atoms with E-state index in [1.54, 1.807) is 48.7 Å². The molecule has 4 rings (SSSR count). The summed E-state index contributed by atoms with van der Waals surface area (Å²) in [6, 6.07) is 10.3. The van der Waals surface area contributed by atoms with Gasteiger partial charge >= 0.3 is 0 Å². The van der Waals surface area contributed by atoms with Gasteiger partial charge in [-0.2, -0.15) is 0 Å². The van der Waals surface area contributed by atoms with E-state index in [-0.39, 0.29) is 34.4 Å². The third-order valence-corrected chi connectivity index (χ3v) is 6.34. The lowest BCUT2D eigenvalue weighted by atomic mass is 9.65. The maximum absolute atomic E-state index is 13.6. The second-order valence-electron chi connectivity index (χ2n) is 9.68. The molecule has 1 aromatic carbocycles. The number of halogens is 1. The number of fused-ring (bicyclic) bond motifs is 2. The summed E-state index contributed by atoms with van der Waals surface area (Å²) in [7, 11) is 0. The Bertz CT molecular complexity index is 978. The Morgan fingerprint density at radius 1 is 1.17 bits per heavy atom. The van der Waals surface area contributed by atoms with Gasteiger partial charge < -0.3 is 14.6 Å². The largest absolute Gasteiger partial charge is 0.465 e. The van der Waals surface area contributed by atoms with Crippen molar-refractivity contribution in [1.29, 1.82) is 0 Å². The molecule has 158 valence electrons. The fourth-order valence-corrected chi connectivity index (χ4v) is 5.44. The monoisotopic (exact) mass is 426 g/mol. The Morgan fingerprint density at radius 3 is 2.57 bits per heavy atom. The molecule has 2 heterocycles. The molecule has 2 atom stereocenters. The Kier molecular flexibility index (Phi) is 5.27. The minimum absolute atomic E-state index is 0.109. The SMILES string of the molecule is CC1(C)C[C@@H]2C[C@@](C)(CN2C(=O)C(=Cc2ccco2)NC(=O)c2ccc(Cl)cc2)C1. The lowest BCUT2D eigenvalue weighted by Gasteiger charge is -2.39. The van der Waals surface area contributed by atoms with Gasteiger partial charge in [-0.15, -0.1) is 0 Å². The zero-order valence-electron chi connectivity index (χ0n) is 17.6. The molecular weight excluding hydrogens is 400 g/mol. The fraction of sp³-hybridized carbons (Fsp3) is 0.417. The van der Waals surface area contributed by atoms with E-state index >= 15 is 0 Å². The standard InChI is InChI=1S/C24H27ClN2O3/c1-23(2)12-18-13-24(3,14-23)15-27(18)22(29)20(11-19-5-4-10-30-19)26-21(28)16-6-8-17(25)9-7-16/h4-11,18H,12-15H2,1-3H3,(H,26,28)/t18-,24-/m1/s1. The van der Waals surface area contributed by atoms with Crippen molar-refractivity contribution < 1.29 is 14.0 Å². The third kappa shape index (κ3) is 4.31. The highest BCUT2D eigenvalue weighted by Gasteiger charge is 2.51. The summed E-state index contributed by atoms with van der Waals surface area (Å²) in [5, 5.41) is 3.36. The Morgan fingerprint density at radius 2 is 1.90 bits per heavy atom. The van der Waals surface area contributed by atoms with Crippen LogP contribution in [0.15, 0.2) is 52.8 Å². The smallest absolute Gasteiger partial charge is 0.270 e. The topological polar surface area (TPSA) is 62.6 Å². The van der Waals surface area contributed by atoms with E-state index in [1.165, 1.54) is 0 Å². The van der Waals surface area contributed by atoms with E-state index < -0.39 is 0 Å². The number of likely N-dealkylation sites (tertiary alicyclic amines) is 1. The number of rotatable bonds is 4. The molecule has 2 bridgehead atoms. The summed E-state index contributed by atoms with van der Waals surface area (Å²) >= 11 is 5.92. The van der Waals surface area contributed by atoms with Crippen molar-refractivity contribution in [3.63, 3.8) is 0 Å². The average molecular weight is 427 g/mol. The van der Waals surface area contributed by atoms with Crippen molar-refractivity contribution in [2.75, 3.05) is 6.54 Å². The lowest BCUT2D eigenvalue weighted by molar-refractivity contribution is -0.128. The van der Waals surface area contributed by atoms with Gasteiger partial charge in [0.2, 0.25) is 0 Å². The number of hydrogen-bond donors (Lipinski definition) is 1. The number of nitrogens with one attached hydrogen (secondary N) is 1. The normalized spacial score (nSPS) is 25.3. The molecule has 5 nitrogen and oxygen atoms in total. The lowest BCUT2D eigenvalue weighted by Crippen LogP contribution is -2.42. The summed E-state index contributed by atoms with van der Waals surface area (Å²) in [5.41, 5.74) is 0.965. The Hall–Kier alpha value is -2.53. The van der Waals surface area contributed by atoms with Gasteiger partial charge in [-0.25, -0.2) is 0 Å². The Labute approximate surface area is 182 Å². The van der Waals surface area contributed by atoms with Gasteiger partial charge in [0.05, 0.1) is 6.26 Å². The molecule has 1 saturated heterocycles. The van der Waals surface area contributed by atoms with Crippen LogP contribution >= 0.6 is 11.6 Å². The van der Waals surface area contributed by atoms with Crippen LogP contribution in [0.1, 0.15) is 56.2 Å². The van der Waals surface area contributed by atoms with Crippen molar-refractivity contribution in [3.05, 3.63) is 64.7 Å². The van der Waals surface area contributed by atoms with Crippen LogP contribution in [0.3, 0.4) is 0 Å². The van der Waals surface area contributed by atoms with Crippen LogP contribution in [0, 0.1) is 10.8 Å². The van der Waals surface area contributed by atoms with Crippen LogP contribution in [0.4, 0.5) is 0 Å². The number of benzene rings is 1. The molecule has 1 aliphatic heterocycles. The van der Waals surface area contributed by atoms with Crippen molar-refractivity contribution in [3.8, 4) is 0 Å². The van der Waals surface area contributed by atoms with Crippen LogP contribution < -0.4 is 5.32 Å². The first kappa shape index (κ1) is 20.7. The molecule has 2 amide bonds. The molecule has 30 heavy (non-hydrogen) atoms. The minimum Gasteiger partial charge on any atom is -0.465 e. The van der Waals surface area contributed by atoms with E-state index in [0.717, 1.165) is 19.3 Å². The minimum atomic E-state index is -0.355. The van der Waals surface area contributed by atoms with E-state index in [0.29, 0.717) is 22.9 Å². The number of amides is 2. The van der Waals surface area contributed by atoms with E-state index in [1.807, 2.05) is 4.90 Å². The number of hydrogen-bond acceptors (Lipinski definition) is 3. The van der Waals surface area contributed by atoms with Crippen LogP contribution in [0.5, 0.6) is 0 Å². The first-order valence-electron chi connectivity index (χ1n) is 10.3. The molecule has 1 aromatic heterocycles. The third-order valence-electron chi connectivity index (χ3n) is 6.09. The van der Waals surface area contributed by atoms with Crippen molar-refractivity contribution in [2.45, 2.75) is 46.1 Å². The zero-order chi connectivity index (χ0) is 21.5. The summed E-state index contributed by atoms with van der Waals surface area (Å²) in [5.74, 6) is -0.00450. The van der Waals surface area contributed by atoms with E-state index in [4.69, 9.17) is 16.0 Å². The molecule has 0 radical (unpaired) electrons. The van der Waals surface area contributed by atoms with Crippen LogP contribution in [0.2, 0.25) is 5.02 Å². The number of nitrogens with zero attached hydrogens (tertiary/aromatic N) is 1. The zero-order valence-corrected chi connectivity index (χ0v) is 18.3. The molecule has 1 saturated carbocycles. The van der Waals surface area contributed by atoms with Gasteiger partial charge in [-0.3, -0.25) is 9.59 Å². The molecule has 1 N–H and O–H groups in total. The quantitative estimate of drug-likeness (QED) is 0.689. The number of carbonyl (C=O) groups is 2. The van der Waals surface area contributed by atoms with E-state index in [9.17, 15) is 9.59 Å². The molecular formula is C24H27ClN2O3. The Balaban J connectivity index is 1.61. The molecule has 2 fully saturated rings. The molecule has 0 unspecified atom stereocenters. The molecule has 1 aliphatic carbocycles. The number of carbonyl (C=O) groups excluding carboxylic acids is 2. The number of furan rings is 1. The molecule has 0 spiro atoms. The van der Waals surface area contributed by atoms with Gasteiger partial charge in [0, 0.05) is 29.2 Å². The summed E-state index contributed by atoms with van der Waals surface area (Å²) in [6.07, 6.45) is 6.21. The predicted molar refractivity (Wildman–Crippen MR) is 117 cm³/mol. The summed E-state index contributed by atoms with van der Waals surface area (Å²) in [4.78, 5) is 28.3. The predicted octanol–water partition coefficient (Wildman–Crippen LogP) is 5.13. The van der Waals surface area contributed by atoms with Crippen LogP contribution in [-0.2, 0) is 4.79 Å². The highest BCUT2D eigenvalue weighted by atomic mass is 35.5. The first-order chi connectivity index (χ1) is 14.1. The molecule has 2 aromatic rings. The van der Waals surface area contributed by atoms with Crippen LogP contribution in [-0.4, -0.2) is 29.3 Å². The van der Waals surface area contributed by atoms with Gasteiger partial charge in [0.15, 0.2) is 0 Å². The van der Waals surface area contributed by atoms with Gasteiger partial charge in [0.25, 0.3) is 11.8 Å². The second-order valence-corrected chi connectivity index (χ2v) is 10.1. The summed E-state index contributed by atoms with van der Waals surface area (Å²) in [6.45, 7) is 7.50. The van der Waals surface area contributed by atoms with Crippen molar-refractivity contribution in [1.82, 2.24) is 10.2 Å². The van der Waals surface area contributed by atoms with Crippen molar-refractivity contribution in [2.24, 2.45) is 10.8 Å². The highest BCUT2D eigenvalue weighted by molar-refractivity contribution is 6.30. The fourth-order valence-electron chi connectivity index (χ4n) is 5.31. The summed E-state index contributed by atoms with van der Waals surface area (Å²) < 4.78 is 5.40. The maximum Gasteiger partial charge on any atom is 0.270 e. The van der Waals surface area contributed by atoms with Gasteiger partial charge in [-0.1, -0.05) is 32.4 Å². The molecule has 2 aliphatic rings. The van der Waals surface area contributed by atoms with Crippen molar-refractivity contribution >= 4 is 29.5 Å². The van der Waals surface area contributed by atoms with Gasteiger partial charge in [0.1, 0.15) is 11.5 Å². The molecule has 6 heteroatoms. The highest BCUT2D eigenvalue weighted by Crippen LogP contribution is 2.52. The van der Waals surface area contributed by atoms with Crippen LogP contribution in [0.25, 0.3) is 6.08 Å².